The lowest BCUT2D eigenvalue weighted by atomic mass is 9.99. The molecule has 2 rings (SSSR count). The Morgan fingerprint density at radius 2 is 1.74 bits per heavy atom. The molecule has 0 aromatic heterocycles. The van der Waals surface area contributed by atoms with E-state index < -0.39 is 0 Å². The minimum atomic E-state index is 0.0549. The highest BCUT2D eigenvalue weighted by molar-refractivity contribution is 6.30. The molecule has 1 aliphatic rings. The van der Waals surface area contributed by atoms with E-state index in [1.165, 1.54) is 25.7 Å². The van der Waals surface area contributed by atoms with Gasteiger partial charge in [-0.3, -0.25) is 4.79 Å². The van der Waals surface area contributed by atoms with E-state index in [-0.39, 0.29) is 11.7 Å². The van der Waals surface area contributed by atoms with Gasteiger partial charge in [-0.1, -0.05) is 31.4 Å². The standard InChI is InChI=1S/C16H22ClNO/c1-13(12-18-10-4-2-3-5-11-18)16(19)14-6-8-15(17)9-7-14/h6-9,13H,2-5,10-12H2,1H3. The molecule has 1 aromatic carbocycles. The molecule has 0 aliphatic carbocycles. The molecule has 0 radical (unpaired) electrons. The van der Waals surface area contributed by atoms with Crippen molar-refractivity contribution >= 4 is 17.4 Å². The SMILES string of the molecule is CC(CN1CCCCCC1)C(=O)c1ccc(Cl)cc1. The van der Waals surface area contributed by atoms with Crippen molar-refractivity contribution in [3.8, 4) is 0 Å². The summed E-state index contributed by atoms with van der Waals surface area (Å²) in [5.74, 6) is 0.278. The number of carbonyl (C=O) groups is 1. The Labute approximate surface area is 120 Å². The van der Waals surface area contributed by atoms with Crippen molar-refractivity contribution in [1.82, 2.24) is 4.90 Å². The van der Waals surface area contributed by atoms with Crippen LogP contribution in [0.5, 0.6) is 0 Å². The highest BCUT2D eigenvalue weighted by atomic mass is 35.5. The van der Waals surface area contributed by atoms with E-state index in [0.29, 0.717) is 5.02 Å². The first-order valence-corrected chi connectivity index (χ1v) is 7.57. The fourth-order valence-corrected chi connectivity index (χ4v) is 2.81. The molecule has 0 spiro atoms. The molecule has 0 N–H and O–H groups in total. The largest absolute Gasteiger partial charge is 0.303 e. The lowest BCUT2D eigenvalue weighted by Gasteiger charge is -2.23. The van der Waals surface area contributed by atoms with Gasteiger partial charge in [-0.2, -0.15) is 0 Å². The van der Waals surface area contributed by atoms with Crippen LogP contribution in [-0.2, 0) is 0 Å². The van der Waals surface area contributed by atoms with Gasteiger partial charge in [0, 0.05) is 23.0 Å². The Balaban J connectivity index is 1.92. The fourth-order valence-electron chi connectivity index (χ4n) is 2.69. The summed E-state index contributed by atoms with van der Waals surface area (Å²) in [6, 6.07) is 7.22. The summed E-state index contributed by atoms with van der Waals surface area (Å²) in [6.07, 6.45) is 5.19. The molecule has 19 heavy (non-hydrogen) atoms. The van der Waals surface area contributed by atoms with Crippen LogP contribution in [0.15, 0.2) is 24.3 Å². The van der Waals surface area contributed by atoms with Gasteiger partial charge in [-0.05, 0) is 50.2 Å². The van der Waals surface area contributed by atoms with Crippen molar-refractivity contribution in [3.63, 3.8) is 0 Å². The Kier molecular flexibility index (Phi) is 5.41. The minimum absolute atomic E-state index is 0.0549. The molecule has 104 valence electrons. The van der Waals surface area contributed by atoms with Gasteiger partial charge >= 0.3 is 0 Å². The third kappa shape index (κ3) is 4.32. The van der Waals surface area contributed by atoms with Gasteiger partial charge in [0.2, 0.25) is 0 Å². The molecule has 1 atom stereocenters. The van der Waals surface area contributed by atoms with Crippen molar-refractivity contribution in [2.24, 2.45) is 5.92 Å². The Morgan fingerprint density at radius 1 is 1.16 bits per heavy atom. The third-order valence-electron chi connectivity index (χ3n) is 3.81. The van der Waals surface area contributed by atoms with E-state index in [0.717, 1.165) is 25.2 Å². The predicted octanol–water partition coefficient (Wildman–Crippen LogP) is 4.03. The van der Waals surface area contributed by atoms with Crippen LogP contribution in [0.1, 0.15) is 43.0 Å². The summed E-state index contributed by atoms with van der Waals surface area (Å²) in [4.78, 5) is 14.8. The molecule has 0 amide bonds. The molecule has 0 bridgehead atoms. The Bertz CT molecular complexity index is 407. The van der Waals surface area contributed by atoms with Crippen molar-refractivity contribution < 1.29 is 4.79 Å². The molecule has 0 saturated carbocycles. The Morgan fingerprint density at radius 3 is 2.32 bits per heavy atom. The number of carbonyl (C=O) groups excluding carboxylic acids is 1. The molecule has 1 aromatic rings. The number of hydrogen-bond acceptors (Lipinski definition) is 2. The van der Waals surface area contributed by atoms with Gasteiger partial charge in [-0.25, -0.2) is 0 Å². The van der Waals surface area contributed by atoms with E-state index in [4.69, 9.17) is 11.6 Å². The van der Waals surface area contributed by atoms with Gasteiger partial charge in [0.05, 0.1) is 0 Å². The van der Waals surface area contributed by atoms with Crippen LogP contribution in [-0.4, -0.2) is 30.3 Å². The van der Waals surface area contributed by atoms with E-state index in [2.05, 4.69) is 4.90 Å². The molecular formula is C16H22ClNO. The van der Waals surface area contributed by atoms with Gasteiger partial charge in [-0.15, -0.1) is 0 Å². The zero-order valence-electron chi connectivity index (χ0n) is 11.6. The van der Waals surface area contributed by atoms with Crippen LogP contribution >= 0.6 is 11.6 Å². The number of ketones is 1. The maximum Gasteiger partial charge on any atom is 0.166 e. The number of nitrogens with zero attached hydrogens (tertiary/aromatic N) is 1. The quantitative estimate of drug-likeness (QED) is 0.776. The first-order chi connectivity index (χ1) is 9.16. The molecule has 1 fully saturated rings. The van der Waals surface area contributed by atoms with Crippen molar-refractivity contribution in [1.29, 1.82) is 0 Å². The van der Waals surface area contributed by atoms with Crippen LogP contribution in [0.3, 0.4) is 0 Å². The van der Waals surface area contributed by atoms with Crippen molar-refractivity contribution in [2.75, 3.05) is 19.6 Å². The first-order valence-electron chi connectivity index (χ1n) is 7.19. The average Bonchev–Trinajstić information content (AvgIpc) is 2.67. The van der Waals surface area contributed by atoms with Crippen molar-refractivity contribution in [2.45, 2.75) is 32.6 Å². The molecule has 2 nitrogen and oxygen atoms in total. The van der Waals surface area contributed by atoms with Gasteiger partial charge < -0.3 is 4.90 Å². The van der Waals surface area contributed by atoms with Crippen LogP contribution < -0.4 is 0 Å². The van der Waals surface area contributed by atoms with Gasteiger partial charge in [0.15, 0.2) is 5.78 Å². The van der Waals surface area contributed by atoms with Crippen LogP contribution in [0.2, 0.25) is 5.02 Å². The summed E-state index contributed by atoms with van der Waals surface area (Å²) in [5.41, 5.74) is 0.770. The molecule has 1 heterocycles. The number of likely N-dealkylation sites (tertiary alicyclic amines) is 1. The monoisotopic (exact) mass is 279 g/mol. The third-order valence-corrected chi connectivity index (χ3v) is 4.06. The summed E-state index contributed by atoms with van der Waals surface area (Å²) in [5, 5.41) is 0.678. The topological polar surface area (TPSA) is 20.3 Å². The second-order valence-corrected chi connectivity index (χ2v) is 5.92. The number of benzene rings is 1. The maximum atomic E-state index is 12.3. The first kappa shape index (κ1) is 14.5. The fraction of sp³-hybridized carbons (Fsp3) is 0.562. The zero-order valence-corrected chi connectivity index (χ0v) is 12.3. The number of halogens is 1. The Hall–Kier alpha value is -0.860. The number of hydrogen-bond donors (Lipinski definition) is 0. The average molecular weight is 280 g/mol. The van der Waals surface area contributed by atoms with Gasteiger partial charge in [0.1, 0.15) is 0 Å². The van der Waals surface area contributed by atoms with E-state index in [1.807, 2.05) is 19.1 Å². The molecular weight excluding hydrogens is 258 g/mol. The van der Waals surface area contributed by atoms with E-state index in [1.54, 1.807) is 12.1 Å². The molecule has 1 aliphatic heterocycles. The second kappa shape index (κ2) is 7.06. The normalized spacial score (nSPS) is 18.8. The molecule has 1 unspecified atom stereocenters. The zero-order chi connectivity index (χ0) is 13.7. The van der Waals surface area contributed by atoms with Crippen LogP contribution in [0, 0.1) is 5.92 Å². The van der Waals surface area contributed by atoms with Crippen molar-refractivity contribution in [3.05, 3.63) is 34.9 Å². The highest BCUT2D eigenvalue weighted by Crippen LogP contribution is 2.16. The number of rotatable bonds is 4. The predicted molar refractivity (Wildman–Crippen MR) is 79.9 cm³/mol. The number of Topliss-reactive ketones (excluding diaryl/α,β-unsaturated/α-hetero) is 1. The second-order valence-electron chi connectivity index (χ2n) is 5.49. The summed E-state index contributed by atoms with van der Waals surface area (Å²) < 4.78 is 0. The summed E-state index contributed by atoms with van der Waals surface area (Å²) >= 11 is 5.85. The maximum absolute atomic E-state index is 12.3. The summed E-state index contributed by atoms with van der Waals surface area (Å²) in [6.45, 7) is 5.18. The van der Waals surface area contributed by atoms with Gasteiger partial charge in [0.25, 0.3) is 0 Å². The lowest BCUT2D eigenvalue weighted by Crippen LogP contribution is -2.32. The summed E-state index contributed by atoms with van der Waals surface area (Å²) in [7, 11) is 0. The van der Waals surface area contributed by atoms with Crippen LogP contribution in [0.25, 0.3) is 0 Å². The van der Waals surface area contributed by atoms with E-state index in [9.17, 15) is 4.79 Å². The molecule has 1 saturated heterocycles. The lowest BCUT2D eigenvalue weighted by molar-refractivity contribution is 0.0895. The van der Waals surface area contributed by atoms with Crippen LogP contribution in [0.4, 0.5) is 0 Å². The molecule has 3 heteroatoms. The van der Waals surface area contributed by atoms with E-state index >= 15 is 0 Å². The minimum Gasteiger partial charge on any atom is -0.303 e. The highest BCUT2D eigenvalue weighted by Gasteiger charge is 2.19. The smallest absolute Gasteiger partial charge is 0.166 e.